The van der Waals surface area contributed by atoms with E-state index in [9.17, 15) is 19.8 Å². The van der Waals surface area contributed by atoms with E-state index in [0.717, 1.165) is 25.0 Å². The molecule has 1 aromatic heterocycles. The molecule has 1 aromatic carbocycles. The van der Waals surface area contributed by atoms with Crippen LogP contribution in [0.25, 0.3) is 6.08 Å². The topological polar surface area (TPSA) is 119 Å². The summed E-state index contributed by atoms with van der Waals surface area (Å²) in [4.78, 5) is 26.7. The normalized spacial score (nSPS) is 17.5. The van der Waals surface area contributed by atoms with Crippen LogP contribution >= 0.6 is 23.4 Å². The number of aromatic nitrogens is 2. The molecule has 2 amide bonds. The van der Waals surface area contributed by atoms with Crippen molar-refractivity contribution in [3.05, 3.63) is 46.6 Å². The number of phenolic OH excluding ortho intramolecular Hbond substituents is 1. The van der Waals surface area contributed by atoms with E-state index in [1.54, 1.807) is 34.9 Å². The molecule has 10 heteroatoms. The van der Waals surface area contributed by atoms with Crippen molar-refractivity contribution in [1.82, 2.24) is 15.1 Å². The molecule has 1 saturated heterocycles. The number of aliphatic hydroxyl groups excluding tert-OH is 1. The van der Waals surface area contributed by atoms with Crippen molar-refractivity contribution in [2.75, 3.05) is 23.9 Å². The van der Waals surface area contributed by atoms with Gasteiger partial charge in [0.25, 0.3) is 5.91 Å². The lowest BCUT2D eigenvalue weighted by molar-refractivity contribution is -0.144. The van der Waals surface area contributed by atoms with Crippen molar-refractivity contribution in [2.24, 2.45) is 0 Å². The molecule has 1 aliphatic rings. The van der Waals surface area contributed by atoms with Gasteiger partial charge in [-0.3, -0.25) is 14.7 Å². The van der Waals surface area contributed by atoms with E-state index >= 15 is 0 Å². The Morgan fingerprint density at radius 1 is 1.41 bits per heavy atom. The van der Waals surface area contributed by atoms with Gasteiger partial charge in [0.1, 0.15) is 11.9 Å². The molecule has 32 heavy (non-hydrogen) atoms. The highest BCUT2D eigenvalue weighted by molar-refractivity contribution is 7.98. The van der Waals surface area contributed by atoms with E-state index in [2.05, 4.69) is 15.5 Å². The number of thioether (sulfide) groups is 1. The van der Waals surface area contributed by atoms with Crippen LogP contribution in [-0.2, 0) is 9.59 Å². The average Bonchev–Trinajstić information content (AvgIpc) is 3.24. The number of aliphatic hydroxyl groups is 1. The number of anilines is 1. The van der Waals surface area contributed by atoms with Crippen LogP contribution in [0.4, 0.5) is 5.82 Å². The fraction of sp³-hybridized carbons (Fsp3) is 0.409. The second-order valence-corrected chi connectivity index (χ2v) is 8.97. The lowest BCUT2D eigenvalue weighted by Crippen LogP contribution is -2.44. The van der Waals surface area contributed by atoms with E-state index in [-0.39, 0.29) is 17.7 Å². The van der Waals surface area contributed by atoms with Crippen molar-refractivity contribution in [1.29, 1.82) is 0 Å². The van der Waals surface area contributed by atoms with Crippen molar-refractivity contribution < 1.29 is 19.8 Å². The molecule has 0 saturated carbocycles. The number of hydrogen-bond acceptors (Lipinski definition) is 6. The van der Waals surface area contributed by atoms with Crippen LogP contribution in [0.3, 0.4) is 0 Å². The molecule has 8 nitrogen and oxygen atoms in total. The Kier molecular flexibility index (Phi) is 8.60. The second kappa shape index (κ2) is 11.4. The third-order valence-electron chi connectivity index (χ3n) is 5.27. The molecule has 0 bridgehead atoms. The van der Waals surface area contributed by atoms with E-state index in [4.69, 9.17) is 11.6 Å². The predicted octanol–water partition coefficient (Wildman–Crippen LogP) is 3.59. The van der Waals surface area contributed by atoms with Gasteiger partial charge in [0.2, 0.25) is 5.91 Å². The Labute approximate surface area is 196 Å². The van der Waals surface area contributed by atoms with Gasteiger partial charge >= 0.3 is 0 Å². The summed E-state index contributed by atoms with van der Waals surface area (Å²) in [5.74, 6) is 0.447. The lowest BCUT2D eigenvalue weighted by Gasteiger charge is -2.36. The smallest absolute Gasteiger partial charge is 0.252 e. The van der Waals surface area contributed by atoms with Gasteiger partial charge in [-0.2, -0.15) is 16.9 Å². The van der Waals surface area contributed by atoms with Gasteiger partial charge in [-0.1, -0.05) is 11.6 Å². The molecule has 0 radical (unpaired) electrons. The first-order valence-electron chi connectivity index (χ1n) is 10.4. The quantitative estimate of drug-likeness (QED) is 0.430. The van der Waals surface area contributed by atoms with Gasteiger partial charge < -0.3 is 20.4 Å². The minimum absolute atomic E-state index is 0.0488. The number of aromatic amines is 1. The number of halogens is 1. The number of carbonyl (C=O) groups excluding carboxylic acids is 2. The number of phenols is 1. The largest absolute Gasteiger partial charge is 0.508 e. The number of likely N-dealkylation sites (tertiary alicyclic amines) is 1. The summed E-state index contributed by atoms with van der Waals surface area (Å²) in [6.07, 6.45) is 6.83. The predicted molar refractivity (Wildman–Crippen MR) is 127 cm³/mol. The zero-order valence-electron chi connectivity index (χ0n) is 17.8. The molecule has 1 aliphatic heterocycles. The minimum Gasteiger partial charge on any atom is -0.508 e. The number of nitrogens with zero attached hydrogens (tertiary/aromatic N) is 2. The molecule has 4 N–H and O–H groups in total. The van der Waals surface area contributed by atoms with Crippen molar-refractivity contribution >= 4 is 47.1 Å². The second-order valence-electron chi connectivity index (χ2n) is 7.58. The number of hydrogen-bond donors (Lipinski definition) is 4. The molecule has 3 rings (SSSR count). The van der Waals surface area contributed by atoms with Crippen LogP contribution in [0.15, 0.2) is 30.3 Å². The van der Waals surface area contributed by atoms with Gasteiger partial charge in [-0.15, -0.1) is 0 Å². The van der Waals surface area contributed by atoms with Crippen LogP contribution in [-0.4, -0.2) is 61.8 Å². The highest BCUT2D eigenvalue weighted by Gasteiger charge is 2.32. The molecule has 2 atom stereocenters. The number of aromatic hydroxyl groups is 1. The summed E-state index contributed by atoms with van der Waals surface area (Å²) in [6.45, 7) is 0.580. The number of rotatable bonds is 8. The van der Waals surface area contributed by atoms with Gasteiger partial charge in [0.05, 0.1) is 16.8 Å². The zero-order chi connectivity index (χ0) is 23.1. The fourth-order valence-electron chi connectivity index (χ4n) is 3.62. The average molecular weight is 479 g/mol. The first kappa shape index (κ1) is 24.2. The summed E-state index contributed by atoms with van der Waals surface area (Å²) < 4.78 is 0. The monoisotopic (exact) mass is 478 g/mol. The number of piperidine rings is 1. The van der Waals surface area contributed by atoms with Crippen LogP contribution in [0.2, 0.25) is 5.02 Å². The van der Waals surface area contributed by atoms with Gasteiger partial charge in [-0.25, -0.2) is 0 Å². The molecular weight excluding hydrogens is 452 g/mol. The molecule has 1 fully saturated rings. The Bertz CT molecular complexity index is 981. The van der Waals surface area contributed by atoms with E-state index in [1.807, 2.05) is 6.26 Å². The Morgan fingerprint density at radius 2 is 2.22 bits per heavy atom. The Hall–Kier alpha value is -2.49. The summed E-state index contributed by atoms with van der Waals surface area (Å²) in [5, 5.41) is 29.7. The zero-order valence-corrected chi connectivity index (χ0v) is 19.3. The van der Waals surface area contributed by atoms with Crippen molar-refractivity contribution in [3.63, 3.8) is 0 Å². The Morgan fingerprint density at radius 3 is 2.97 bits per heavy atom. The first-order valence-corrected chi connectivity index (χ1v) is 12.2. The standard InChI is InChI=1S/C22H27ClN4O4S/c1-32-11-9-19(29)22(31)27-10-3-2-4-18(27)17-13-20(26-25-17)24-21(30)8-6-14-5-7-15(28)12-16(14)23/h5-8,12-13,18-19,28-29H,2-4,9-11H2,1H3,(H2,24,25,26,30)/b8-6+/t18-,19+/m1/s1. The molecule has 2 aromatic rings. The van der Waals surface area contributed by atoms with Crippen molar-refractivity contribution in [2.45, 2.75) is 37.8 Å². The number of nitrogens with one attached hydrogen (secondary N) is 2. The van der Waals surface area contributed by atoms with Gasteiger partial charge in [0, 0.05) is 18.7 Å². The molecular formula is C22H27ClN4O4S. The lowest BCUT2D eigenvalue weighted by atomic mass is 9.98. The summed E-state index contributed by atoms with van der Waals surface area (Å²) in [5.41, 5.74) is 1.31. The maximum atomic E-state index is 12.8. The highest BCUT2D eigenvalue weighted by Crippen LogP contribution is 2.31. The molecule has 0 unspecified atom stereocenters. The molecule has 0 aliphatic carbocycles. The summed E-state index contributed by atoms with van der Waals surface area (Å²) >= 11 is 7.63. The van der Waals surface area contributed by atoms with Crippen LogP contribution in [0.1, 0.15) is 43.0 Å². The molecule has 2 heterocycles. The van der Waals surface area contributed by atoms with E-state index in [0.29, 0.717) is 35.1 Å². The maximum Gasteiger partial charge on any atom is 0.252 e. The minimum atomic E-state index is -1.01. The molecule has 0 spiro atoms. The summed E-state index contributed by atoms with van der Waals surface area (Å²) in [6, 6.07) is 5.98. The third kappa shape index (κ3) is 6.27. The van der Waals surface area contributed by atoms with Gasteiger partial charge in [-0.05, 0) is 67.5 Å². The number of amides is 2. The summed E-state index contributed by atoms with van der Waals surface area (Å²) in [7, 11) is 0. The van der Waals surface area contributed by atoms with E-state index in [1.165, 1.54) is 18.2 Å². The number of benzene rings is 1. The first-order chi connectivity index (χ1) is 15.4. The van der Waals surface area contributed by atoms with Crippen LogP contribution in [0.5, 0.6) is 5.75 Å². The molecule has 172 valence electrons. The van der Waals surface area contributed by atoms with Gasteiger partial charge in [0.15, 0.2) is 5.82 Å². The fourth-order valence-corrected chi connectivity index (χ4v) is 4.32. The maximum absolute atomic E-state index is 12.8. The Balaban J connectivity index is 1.64. The van der Waals surface area contributed by atoms with E-state index < -0.39 is 12.0 Å². The third-order valence-corrected chi connectivity index (χ3v) is 6.24. The van der Waals surface area contributed by atoms with Crippen LogP contribution in [0, 0.1) is 0 Å². The number of H-pyrrole nitrogens is 1. The SMILES string of the molecule is CSCC[C@H](O)C(=O)N1CCCC[C@@H]1c1cc(NC(=O)/C=C/c2ccc(O)cc2Cl)n[nH]1. The highest BCUT2D eigenvalue weighted by atomic mass is 35.5. The van der Waals surface area contributed by atoms with Crippen LogP contribution < -0.4 is 5.32 Å². The van der Waals surface area contributed by atoms with Crippen molar-refractivity contribution in [3.8, 4) is 5.75 Å². The number of carbonyl (C=O) groups is 2.